The average Bonchev–Trinajstić information content (AvgIpc) is 2.31. The van der Waals surface area contributed by atoms with Gasteiger partial charge in [0, 0.05) is 19.6 Å². The Hall–Kier alpha value is -1.33. The number of carbonyl (C=O) groups is 1. The molecule has 0 spiro atoms. The maximum Gasteiger partial charge on any atom is 0.407 e. The van der Waals surface area contributed by atoms with Gasteiger partial charge in [-0.2, -0.15) is 0 Å². The molecule has 0 aliphatic rings. The lowest BCUT2D eigenvalue weighted by molar-refractivity contribution is 0.0528. The molecule has 0 saturated carbocycles. The minimum atomic E-state index is -0.498. The highest BCUT2D eigenvalue weighted by Gasteiger charge is 2.15. The van der Waals surface area contributed by atoms with Crippen LogP contribution in [-0.2, 0) is 11.3 Å². The third-order valence-electron chi connectivity index (χ3n) is 2.28. The summed E-state index contributed by atoms with van der Waals surface area (Å²) in [6, 6.07) is 4.57. The summed E-state index contributed by atoms with van der Waals surface area (Å²) < 4.78 is 18.0. The summed E-state index contributed by atoms with van der Waals surface area (Å²) in [6.45, 7) is 7.00. The molecule has 0 radical (unpaired) electrons. The van der Waals surface area contributed by atoms with Gasteiger partial charge in [0.05, 0.1) is 5.02 Å². The van der Waals surface area contributed by atoms with E-state index in [1.165, 1.54) is 6.07 Å². The fourth-order valence-corrected chi connectivity index (χ4v) is 1.65. The molecule has 0 aromatic heterocycles. The monoisotopic (exact) mass is 302 g/mol. The first-order valence-corrected chi connectivity index (χ1v) is 6.77. The molecule has 0 fully saturated rings. The fraction of sp³-hybridized carbons (Fsp3) is 0.500. The lowest BCUT2D eigenvalue weighted by Gasteiger charge is -2.19. The van der Waals surface area contributed by atoms with Gasteiger partial charge in [-0.1, -0.05) is 17.7 Å². The van der Waals surface area contributed by atoms with Crippen molar-refractivity contribution in [2.24, 2.45) is 0 Å². The van der Waals surface area contributed by atoms with E-state index in [2.05, 4.69) is 10.6 Å². The molecule has 0 atom stereocenters. The standard InChI is InChI=1S/C14H20ClFN2O2/c1-14(2,3)20-13(19)18-7-6-17-9-10-4-5-12(16)11(15)8-10/h4-5,8,17H,6-7,9H2,1-3H3,(H,18,19). The van der Waals surface area contributed by atoms with Gasteiger partial charge in [0.2, 0.25) is 0 Å². The van der Waals surface area contributed by atoms with Gasteiger partial charge in [-0.15, -0.1) is 0 Å². The summed E-state index contributed by atoms with van der Waals surface area (Å²) >= 11 is 5.68. The van der Waals surface area contributed by atoms with E-state index in [1.807, 2.05) is 20.8 Å². The normalized spacial score (nSPS) is 11.2. The van der Waals surface area contributed by atoms with Gasteiger partial charge in [-0.25, -0.2) is 9.18 Å². The van der Waals surface area contributed by atoms with Crippen LogP contribution in [0, 0.1) is 5.82 Å². The van der Waals surface area contributed by atoms with Crippen LogP contribution in [-0.4, -0.2) is 24.8 Å². The second-order valence-corrected chi connectivity index (χ2v) is 5.76. The van der Waals surface area contributed by atoms with Crippen LogP contribution < -0.4 is 10.6 Å². The predicted octanol–water partition coefficient (Wildman–Crippen LogP) is 3.09. The molecule has 0 aliphatic carbocycles. The molecule has 1 aromatic carbocycles. The van der Waals surface area contributed by atoms with E-state index < -0.39 is 17.5 Å². The summed E-state index contributed by atoms with van der Waals surface area (Å²) in [7, 11) is 0. The Morgan fingerprint density at radius 3 is 2.65 bits per heavy atom. The van der Waals surface area contributed by atoms with Crippen LogP contribution in [0.25, 0.3) is 0 Å². The van der Waals surface area contributed by atoms with E-state index in [0.29, 0.717) is 19.6 Å². The third kappa shape index (κ3) is 6.73. The fourth-order valence-electron chi connectivity index (χ4n) is 1.45. The number of ether oxygens (including phenoxy) is 1. The highest BCUT2D eigenvalue weighted by Crippen LogP contribution is 2.15. The highest BCUT2D eigenvalue weighted by molar-refractivity contribution is 6.30. The van der Waals surface area contributed by atoms with Crippen LogP contribution in [0.5, 0.6) is 0 Å². The lowest BCUT2D eigenvalue weighted by Crippen LogP contribution is -2.36. The molecular weight excluding hydrogens is 283 g/mol. The quantitative estimate of drug-likeness (QED) is 0.822. The van der Waals surface area contributed by atoms with Crippen molar-refractivity contribution in [2.45, 2.75) is 32.9 Å². The van der Waals surface area contributed by atoms with Crippen molar-refractivity contribution in [3.63, 3.8) is 0 Å². The van der Waals surface area contributed by atoms with Gasteiger partial charge in [-0.3, -0.25) is 0 Å². The molecule has 1 rings (SSSR count). The van der Waals surface area contributed by atoms with Gasteiger partial charge in [-0.05, 0) is 38.5 Å². The third-order valence-corrected chi connectivity index (χ3v) is 2.57. The van der Waals surface area contributed by atoms with Crippen molar-refractivity contribution >= 4 is 17.7 Å². The number of nitrogens with one attached hydrogen (secondary N) is 2. The van der Waals surface area contributed by atoms with E-state index in [1.54, 1.807) is 12.1 Å². The average molecular weight is 303 g/mol. The number of halogens is 2. The molecule has 0 heterocycles. The van der Waals surface area contributed by atoms with Crippen molar-refractivity contribution in [1.82, 2.24) is 10.6 Å². The van der Waals surface area contributed by atoms with Crippen LogP contribution in [0.3, 0.4) is 0 Å². The second-order valence-electron chi connectivity index (χ2n) is 5.35. The first kappa shape index (κ1) is 16.7. The molecule has 1 aromatic rings. The van der Waals surface area contributed by atoms with Crippen LogP contribution in [0.4, 0.5) is 9.18 Å². The van der Waals surface area contributed by atoms with Gasteiger partial charge in [0.15, 0.2) is 0 Å². The number of hydrogen-bond acceptors (Lipinski definition) is 3. The zero-order chi connectivity index (χ0) is 15.2. The molecule has 0 bridgehead atoms. The lowest BCUT2D eigenvalue weighted by atomic mass is 10.2. The summed E-state index contributed by atoms with van der Waals surface area (Å²) in [5.74, 6) is -0.429. The van der Waals surface area contributed by atoms with Crippen molar-refractivity contribution in [3.05, 3.63) is 34.6 Å². The Morgan fingerprint density at radius 2 is 2.05 bits per heavy atom. The van der Waals surface area contributed by atoms with Crippen LogP contribution >= 0.6 is 11.6 Å². The van der Waals surface area contributed by atoms with Crippen molar-refractivity contribution < 1.29 is 13.9 Å². The number of rotatable bonds is 5. The van der Waals surface area contributed by atoms with Gasteiger partial charge < -0.3 is 15.4 Å². The molecule has 6 heteroatoms. The Bertz CT molecular complexity index is 461. The van der Waals surface area contributed by atoms with Gasteiger partial charge >= 0.3 is 6.09 Å². The summed E-state index contributed by atoms with van der Waals surface area (Å²) in [6.07, 6.45) is -0.441. The zero-order valence-corrected chi connectivity index (χ0v) is 12.7. The Morgan fingerprint density at radius 1 is 1.35 bits per heavy atom. The number of benzene rings is 1. The van der Waals surface area contributed by atoms with E-state index in [4.69, 9.17) is 16.3 Å². The molecule has 2 N–H and O–H groups in total. The van der Waals surface area contributed by atoms with Crippen LogP contribution in [0.1, 0.15) is 26.3 Å². The molecule has 0 aliphatic heterocycles. The number of carbonyl (C=O) groups excluding carboxylic acids is 1. The Balaban J connectivity index is 2.19. The van der Waals surface area contributed by atoms with Crippen molar-refractivity contribution in [2.75, 3.05) is 13.1 Å². The topological polar surface area (TPSA) is 50.4 Å². The number of hydrogen-bond donors (Lipinski definition) is 2. The summed E-state index contributed by atoms with van der Waals surface area (Å²) in [5.41, 5.74) is 0.385. The first-order valence-electron chi connectivity index (χ1n) is 6.39. The number of alkyl carbamates (subject to hydrolysis) is 1. The molecule has 0 unspecified atom stereocenters. The molecule has 4 nitrogen and oxygen atoms in total. The van der Waals surface area contributed by atoms with Crippen LogP contribution in [0.15, 0.2) is 18.2 Å². The maximum atomic E-state index is 13.0. The first-order chi connectivity index (χ1) is 9.28. The van der Waals surface area contributed by atoms with E-state index in [0.717, 1.165) is 5.56 Å². The molecule has 0 saturated heterocycles. The SMILES string of the molecule is CC(C)(C)OC(=O)NCCNCc1ccc(F)c(Cl)c1. The summed E-state index contributed by atoms with van der Waals surface area (Å²) in [4.78, 5) is 11.4. The van der Waals surface area contributed by atoms with E-state index in [-0.39, 0.29) is 5.02 Å². The summed E-state index contributed by atoms with van der Waals surface area (Å²) in [5, 5.41) is 5.86. The van der Waals surface area contributed by atoms with E-state index >= 15 is 0 Å². The Kier molecular flexibility index (Phi) is 6.23. The minimum Gasteiger partial charge on any atom is -0.444 e. The number of amides is 1. The van der Waals surface area contributed by atoms with Crippen LogP contribution in [0.2, 0.25) is 5.02 Å². The minimum absolute atomic E-state index is 0.108. The molecular formula is C14H20ClFN2O2. The van der Waals surface area contributed by atoms with Gasteiger partial charge in [0.1, 0.15) is 11.4 Å². The smallest absolute Gasteiger partial charge is 0.407 e. The second kappa shape index (κ2) is 7.45. The molecule has 112 valence electrons. The molecule has 20 heavy (non-hydrogen) atoms. The van der Waals surface area contributed by atoms with Crippen molar-refractivity contribution in [3.8, 4) is 0 Å². The predicted molar refractivity (Wildman–Crippen MR) is 77.4 cm³/mol. The Labute approximate surface area is 123 Å². The molecule has 1 amide bonds. The largest absolute Gasteiger partial charge is 0.444 e. The maximum absolute atomic E-state index is 13.0. The zero-order valence-electron chi connectivity index (χ0n) is 11.9. The van der Waals surface area contributed by atoms with E-state index in [9.17, 15) is 9.18 Å². The highest BCUT2D eigenvalue weighted by atomic mass is 35.5. The van der Waals surface area contributed by atoms with Crippen molar-refractivity contribution in [1.29, 1.82) is 0 Å². The van der Waals surface area contributed by atoms with Gasteiger partial charge in [0.25, 0.3) is 0 Å².